The van der Waals surface area contributed by atoms with Crippen molar-refractivity contribution in [2.24, 2.45) is 0 Å². The lowest BCUT2D eigenvalue weighted by molar-refractivity contribution is -0.125. The number of aryl methyl sites for hydroxylation is 1. The molecule has 170 valence electrons. The van der Waals surface area contributed by atoms with Crippen LogP contribution < -0.4 is 10.6 Å². The maximum Gasteiger partial charge on any atom is 0.247 e. The number of halogens is 1. The zero-order chi connectivity index (χ0) is 23.2. The number of hydrogen-bond donors (Lipinski definition) is 2. The molecule has 0 saturated carbocycles. The Bertz CT molecular complexity index is 1240. The second-order valence-electron chi connectivity index (χ2n) is 7.47. The van der Waals surface area contributed by atoms with Crippen LogP contribution in [0.15, 0.2) is 63.6 Å². The number of thioether (sulfide) groups is 1. The molecule has 4 aromatic rings. The van der Waals surface area contributed by atoms with E-state index in [9.17, 15) is 14.0 Å². The first-order valence-electron chi connectivity index (χ1n) is 10.3. The molecule has 2 heterocycles. The molecule has 0 fully saturated rings. The largest absolute Gasteiger partial charge is 0.344 e. The van der Waals surface area contributed by atoms with E-state index >= 15 is 0 Å². The molecule has 2 N–H and O–H groups in total. The smallest absolute Gasteiger partial charge is 0.247 e. The van der Waals surface area contributed by atoms with Gasteiger partial charge in [-0.1, -0.05) is 23.9 Å². The van der Waals surface area contributed by atoms with E-state index in [2.05, 4.69) is 32.4 Å². The summed E-state index contributed by atoms with van der Waals surface area (Å²) in [5.74, 6) is -0.0220. The van der Waals surface area contributed by atoms with Crippen molar-refractivity contribution in [1.82, 2.24) is 10.3 Å². The van der Waals surface area contributed by atoms with Gasteiger partial charge in [-0.15, -0.1) is 11.3 Å². The molecule has 9 heteroatoms. The molecule has 2 aromatic carbocycles. The number of carbonyl (C=O) groups excluding carboxylic acids is 2. The first-order chi connectivity index (χ1) is 16.0. The summed E-state index contributed by atoms with van der Waals surface area (Å²) in [5.41, 5.74) is 3.63. The van der Waals surface area contributed by atoms with Gasteiger partial charge in [0.1, 0.15) is 11.9 Å². The fourth-order valence-electron chi connectivity index (χ4n) is 3.27. The number of benzene rings is 2. The van der Waals surface area contributed by atoms with Crippen molar-refractivity contribution >= 4 is 62.2 Å². The van der Waals surface area contributed by atoms with Crippen LogP contribution in [0.25, 0.3) is 10.2 Å². The van der Waals surface area contributed by atoms with E-state index in [1.165, 1.54) is 24.6 Å². The van der Waals surface area contributed by atoms with Crippen LogP contribution in [-0.2, 0) is 22.4 Å². The van der Waals surface area contributed by atoms with Gasteiger partial charge in [-0.2, -0.15) is 11.3 Å². The van der Waals surface area contributed by atoms with Crippen LogP contribution in [0.3, 0.4) is 0 Å². The van der Waals surface area contributed by atoms with E-state index in [-0.39, 0.29) is 24.1 Å². The SMILES string of the molecule is CC(=O)NC(Cc1ccc(F)cc1)C(=O)Nc1ccc2nc(SCCc3ccsc3)sc2c1. The van der Waals surface area contributed by atoms with E-state index in [4.69, 9.17) is 0 Å². The van der Waals surface area contributed by atoms with Gasteiger partial charge in [0, 0.05) is 24.8 Å². The van der Waals surface area contributed by atoms with Crippen LogP contribution in [0.5, 0.6) is 0 Å². The molecular formula is C24H22FN3O2S3. The van der Waals surface area contributed by atoms with E-state index < -0.39 is 6.04 Å². The van der Waals surface area contributed by atoms with Gasteiger partial charge >= 0.3 is 0 Å². The highest BCUT2D eigenvalue weighted by atomic mass is 32.2. The van der Waals surface area contributed by atoms with Gasteiger partial charge in [0.05, 0.1) is 10.2 Å². The number of thiophene rings is 1. The van der Waals surface area contributed by atoms with Crippen LogP contribution in [0.2, 0.25) is 0 Å². The average molecular weight is 500 g/mol. The monoisotopic (exact) mass is 499 g/mol. The summed E-state index contributed by atoms with van der Waals surface area (Å²) in [7, 11) is 0. The average Bonchev–Trinajstić information content (AvgIpc) is 3.44. The molecule has 1 atom stereocenters. The van der Waals surface area contributed by atoms with Crippen molar-refractivity contribution in [3.8, 4) is 0 Å². The molecule has 1 unspecified atom stereocenters. The molecule has 2 amide bonds. The van der Waals surface area contributed by atoms with Gasteiger partial charge in [-0.05, 0) is 64.7 Å². The molecular weight excluding hydrogens is 477 g/mol. The fraction of sp³-hybridized carbons (Fsp3) is 0.208. The third kappa shape index (κ3) is 6.63. The topological polar surface area (TPSA) is 71.1 Å². The first kappa shape index (κ1) is 23.4. The number of carbonyl (C=O) groups is 2. The highest BCUT2D eigenvalue weighted by molar-refractivity contribution is 8.01. The van der Waals surface area contributed by atoms with Crippen molar-refractivity contribution in [3.63, 3.8) is 0 Å². The Morgan fingerprint density at radius 3 is 2.67 bits per heavy atom. The predicted molar refractivity (Wildman–Crippen MR) is 135 cm³/mol. The van der Waals surface area contributed by atoms with Crippen LogP contribution >= 0.6 is 34.4 Å². The van der Waals surface area contributed by atoms with Crippen LogP contribution in [0.1, 0.15) is 18.1 Å². The molecule has 0 aliphatic heterocycles. The van der Waals surface area contributed by atoms with Crippen LogP contribution in [0.4, 0.5) is 10.1 Å². The summed E-state index contributed by atoms with van der Waals surface area (Å²) in [6.07, 6.45) is 1.27. The van der Waals surface area contributed by atoms with Gasteiger partial charge in [0.15, 0.2) is 4.34 Å². The number of amides is 2. The Kier molecular flexibility index (Phi) is 7.74. The number of nitrogens with zero attached hydrogens (tertiary/aromatic N) is 1. The predicted octanol–water partition coefficient (Wildman–Crippen LogP) is 5.52. The van der Waals surface area contributed by atoms with Crippen molar-refractivity contribution in [3.05, 3.63) is 76.2 Å². The molecule has 0 saturated heterocycles. The van der Waals surface area contributed by atoms with Gasteiger partial charge in [0.25, 0.3) is 0 Å². The number of aromatic nitrogens is 1. The highest BCUT2D eigenvalue weighted by Gasteiger charge is 2.20. The Balaban J connectivity index is 1.41. The summed E-state index contributed by atoms with van der Waals surface area (Å²) in [6.45, 7) is 1.37. The molecule has 4 rings (SSSR count). The van der Waals surface area contributed by atoms with E-state index in [0.29, 0.717) is 5.69 Å². The molecule has 0 spiro atoms. The number of hydrogen-bond acceptors (Lipinski definition) is 6. The minimum atomic E-state index is -0.770. The molecule has 0 radical (unpaired) electrons. The number of fused-ring (bicyclic) bond motifs is 1. The second-order valence-corrected chi connectivity index (χ2v) is 10.6. The molecule has 5 nitrogen and oxygen atoms in total. The second kappa shape index (κ2) is 10.9. The van der Waals surface area contributed by atoms with E-state index in [1.807, 2.05) is 18.2 Å². The Morgan fingerprint density at radius 2 is 1.94 bits per heavy atom. The maximum atomic E-state index is 13.2. The van der Waals surface area contributed by atoms with Crippen LogP contribution in [0, 0.1) is 5.82 Å². The molecule has 0 bridgehead atoms. The Morgan fingerprint density at radius 1 is 1.12 bits per heavy atom. The molecule has 33 heavy (non-hydrogen) atoms. The zero-order valence-corrected chi connectivity index (χ0v) is 20.3. The lowest BCUT2D eigenvalue weighted by atomic mass is 10.0. The van der Waals surface area contributed by atoms with Crippen LogP contribution in [-0.4, -0.2) is 28.6 Å². The quantitative estimate of drug-likeness (QED) is 0.298. The van der Waals surface area contributed by atoms with Crippen molar-refractivity contribution in [1.29, 1.82) is 0 Å². The highest BCUT2D eigenvalue weighted by Crippen LogP contribution is 2.31. The summed E-state index contributed by atoms with van der Waals surface area (Å²) in [4.78, 5) is 29.2. The third-order valence-electron chi connectivity index (χ3n) is 4.88. The Hall–Kier alpha value is -2.75. The number of thiazole rings is 1. The first-order valence-corrected chi connectivity index (χ1v) is 13.1. The molecule has 0 aliphatic carbocycles. The number of rotatable bonds is 9. The summed E-state index contributed by atoms with van der Waals surface area (Å²) in [5, 5.41) is 9.82. The molecule has 0 aliphatic rings. The third-order valence-corrected chi connectivity index (χ3v) is 7.77. The standard InChI is InChI=1S/C24H22FN3O2S3/c1-15(29)26-21(12-16-2-4-18(25)5-3-16)23(30)27-19-6-7-20-22(13-19)33-24(28-20)32-11-9-17-8-10-31-14-17/h2-8,10,13-14,21H,9,11-12H2,1H3,(H,26,29)(H,27,30). The van der Waals surface area contributed by atoms with E-state index in [1.54, 1.807) is 46.6 Å². The lowest BCUT2D eigenvalue weighted by Crippen LogP contribution is -2.44. The summed E-state index contributed by atoms with van der Waals surface area (Å²) >= 11 is 5.03. The maximum absolute atomic E-state index is 13.2. The van der Waals surface area contributed by atoms with Gasteiger partial charge in [-0.3, -0.25) is 9.59 Å². The van der Waals surface area contributed by atoms with Gasteiger partial charge in [-0.25, -0.2) is 9.37 Å². The van der Waals surface area contributed by atoms with Gasteiger partial charge < -0.3 is 10.6 Å². The normalized spacial score (nSPS) is 11.9. The Labute approximate surface area is 203 Å². The number of anilines is 1. The summed E-state index contributed by atoms with van der Waals surface area (Å²) in [6, 6.07) is 12.9. The van der Waals surface area contributed by atoms with Crippen molar-refractivity contribution in [2.45, 2.75) is 30.1 Å². The fourth-order valence-corrected chi connectivity index (χ4v) is 6.14. The number of nitrogens with one attached hydrogen (secondary N) is 2. The minimum Gasteiger partial charge on any atom is -0.344 e. The zero-order valence-electron chi connectivity index (χ0n) is 17.8. The minimum absolute atomic E-state index is 0.263. The molecule has 2 aromatic heterocycles. The van der Waals surface area contributed by atoms with Crippen molar-refractivity contribution < 1.29 is 14.0 Å². The van der Waals surface area contributed by atoms with E-state index in [0.717, 1.165) is 32.3 Å². The van der Waals surface area contributed by atoms with Crippen molar-refractivity contribution in [2.75, 3.05) is 11.1 Å². The van der Waals surface area contributed by atoms with Gasteiger partial charge in [0.2, 0.25) is 11.8 Å². The summed E-state index contributed by atoms with van der Waals surface area (Å²) < 4.78 is 15.2. The lowest BCUT2D eigenvalue weighted by Gasteiger charge is -2.18.